The van der Waals surface area contributed by atoms with Crippen LogP contribution >= 0.6 is 0 Å². The van der Waals surface area contributed by atoms with Crippen LogP contribution < -0.4 is 16.0 Å². The van der Waals surface area contributed by atoms with Crippen LogP contribution in [0.5, 0.6) is 0 Å². The fourth-order valence-corrected chi connectivity index (χ4v) is 1.63. The highest BCUT2D eigenvalue weighted by atomic mass is 16.5. The first-order valence-corrected chi connectivity index (χ1v) is 5.74. The van der Waals surface area contributed by atoms with E-state index in [-0.39, 0.29) is 12.8 Å². The van der Waals surface area contributed by atoms with E-state index in [9.17, 15) is 9.59 Å². The van der Waals surface area contributed by atoms with E-state index < -0.39 is 5.97 Å². The maximum atomic E-state index is 11.3. The van der Waals surface area contributed by atoms with Crippen molar-refractivity contribution in [3.8, 4) is 0 Å². The van der Waals surface area contributed by atoms with Crippen LogP contribution in [0.15, 0.2) is 12.7 Å². The summed E-state index contributed by atoms with van der Waals surface area (Å²) < 4.78 is 4.61. The van der Waals surface area contributed by atoms with Crippen LogP contribution in [0.1, 0.15) is 12.8 Å². The van der Waals surface area contributed by atoms with Crippen molar-refractivity contribution in [2.75, 3.05) is 26.4 Å². The maximum absolute atomic E-state index is 11.3. The number of amides is 2. The molecule has 6 heteroatoms. The number of nitrogens with one attached hydrogen (secondary N) is 3. The summed E-state index contributed by atoms with van der Waals surface area (Å²) in [7, 11) is 0. The number of hydrogen-bond acceptors (Lipinski definition) is 4. The summed E-state index contributed by atoms with van der Waals surface area (Å²) in [5.74, 6) is -0.0768. The lowest BCUT2D eigenvalue weighted by atomic mass is 10.00. The van der Waals surface area contributed by atoms with Gasteiger partial charge in [-0.15, -0.1) is 0 Å². The van der Waals surface area contributed by atoms with E-state index in [1.807, 2.05) is 0 Å². The number of esters is 1. The highest BCUT2D eigenvalue weighted by Gasteiger charge is 2.13. The van der Waals surface area contributed by atoms with Crippen LogP contribution in [0.25, 0.3) is 0 Å². The molecule has 96 valence electrons. The molecular formula is C11H19N3O3. The summed E-state index contributed by atoms with van der Waals surface area (Å²) in [6, 6.07) is -0.326. The first-order valence-electron chi connectivity index (χ1n) is 5.74. The van der Waals surface area contributed by atoms with Crippen LogP contribution in [0, 0.1) is 5.92 Å². The zero-order valence-electron chi connectivity index (χ0n) is 9.83. The number of piperidine rings is 1. The van der Waals surface area contributed by atoms with Crippen LogP contribution in [0.2, 0.25) is 0 Å². The predicted octanol–water partition coefficient (Wildman–Crippen LogP) is -0.0281. The average Bonchev–Trinajstić information content (AvgIpc) is 2.37. The standard InChI is InChI=1S/C11H19N3O3/c1-2-10(15)17-8-14-11(16)13-7-9-4-3-5-12-6-9/h2,9,12H,1,3-8H2,(H2,13,14,16). The topological polar surface area (TPSA) is 79.5 Å². The quantitative estimate of drug-likeness (QED) is 0.359. The molecule has 1 heterocycles. The number of carbonyl (C=O) groups is 2. The summed E-state index contributed by atoms with van der Waals surface area (Å²) in [4.78, 5) is 22.0. The van der Waals surface area contributed by atoms with Crippen LogP contribution in [0.3, 0.4) is 0 Å². The van der Waals surface area contributed by atoms with Gasteiger partial charge in [-0.3, -0.25) is 0 Å². The predicted molar refractivity (Wildman–Crippen MR) is 63.3 cm³/mol. The molecule has 0 aromatic heterocycles. The van der Waals surface area contributed by atoms with E-state index >= 15 is 0 Å². The molecular weight excluding hydrogens is 222 g/mol. The molecule has 1 atom stereocenters. The molecule has 6 nitrogen and oxygen atoms in total. The van der Waals surface area contributed by atoms with Crippen molar-refractivity contribution in [3.05, 3.63) is 12.7 Å². The average molecular weight is 241 g/mol. The van der Waals surface area contributed by atoms with E-state index in [4.69, 9.17) is 0 Å². The number of hydrogen-bond donors (Lipinski definition) is 3. The third-order valence-electron chi connectivity index (χ3n) is 2.56. The Morgan fingerprint density at radius 1 is 1.47 bits per heavy atom. The summed E-state index contributed by atoms with van der Waals surface area (Å²) in [6.07, 6.45) is 3.32. The molecule has 1 saturated heterocycles. The second kappa shape index (κ2) is 7.67. The van der Waals surface area contributed by atoms with Crippen molar-refractivity contribution < 1.29 is 14.3 Å². The Morgan fingerprint density at radius 2 is 2.29 bits per heavy atom. The van der Waals surface area contributed by atoms with E-state index in [2.05, 4.69) is 27.3 Å². The van der Waals surface area contributed by atoms with Crippen molar-refractivity contribution in [3.63, 3.8) is 0 Å². The van der Waals surface area contributed by atoms with Crippen molar-refractivity contribution in [1.82, 2.24) is 16.0 Å². The van der Waals surface area contributed by atoms with E-state index in [0.717, 1.165) is 32.0 Å². The van der Waals surface area contributed by atoms with Gasteiger partial charge in [0.2, 0.25) is 0 Å². The van der Waals surface area contributed by atoms with Gasteiger partial charge in [0.25, 0.3) is 0 Å². The second-order valence-electron chi connectivity index (χ2n) is 3.91. The van der Waals surface area contributed by atoms with Crippen molar-refractivity contribution >= 4 is 12.0 Å². The first-order chi connectivity index (χ1) is 8.22. The molecule has 1 aliphatic rings. The molecule has 0 spiro atoms. The molecule has 0 aromatic rings. The number of carbonyl (C=O) groups excluding carboxylic acids is 2. The number of ether oxygens (including phenoxy) is 1. The van der Waals surface area contributed by atoms with E-state index in [1.165, 1.54) is 0 Å². The Labute approximate surface area is 101 Å². The molecule has 0 aromatic carbocycles. The fraction of sp³-hybridized carbons (Fsp3) is 0.636. The van der Waals surface area contributed by atoms with Gasteiger partial charge in [0.1, 0.15) is 0 Å². The van der Waals surface area contributed by atoms with Crippen molar-refractivity contribution in [1.29, 1.82) is 0 Å². The smallest absolute Gasteiger partial charge is 0.331 e. The summed E-state index contributed by atoms with van der Waals surface area (Å²) in [6.45, 7) is 5.73. The third-order valence-corrected chi connectivity index (χ3v) is 2.56. The summed E-state index contributed by atoms with van der Waals surface area (Å²) in [5, 5.41) is 8.44. The molecule has 17 heavy (non-hydrogen) atoms. The summed E-state index contributed by atoms with van der Waals surface area (Å²) in [5.41, 5.74) is 0. The number of rotatable bonds is 5. The Hall–Kier alpha value is -1.56. The number of urea groups is 1. The maximum Gasteiger partial charge on any atom is 0.331 e. The van der Waals surface area contributed by atoms with Gasteiger partial charge in [-0.05, 0) is 31.8 Å². The Morgan fingerprint density at radius 3 is 2.94 bits per heavy atom. The fourth-order valence-electron chi connectivity index (χ4n) is 1.63. The summed E-state index contributed by atoms with van der Waals surface area (Å²) >= 11 is 0. The minimum absolute atomic E-state index is 0.139. The Balaban J connectivity index is 2.04. The minimum Gasteiger partial charge on any atom is -0.441 e. The molecule has 0 saturated carbocycles. The normalized spacial score (nSPS) is 19.2. The van der Waals surface area contributed by atoms with E-state index in [0.29, 0.717) is 12.5 Å². The molecule has 3 N–H and O–H groups in total. The Bertz CT molecular complexity index is 275. The van der Waals surface area contributed by atoms with Crippen LogP contribution in [0.4, 0.5) is 4.79 Å². The first kappa shape index (κ1) is 13.5. The van der Waals surface area contributed by atoms with Gasteiger partial charge in [-0.25, -0.2) is 9.59 Å². The molecule has 1 aliphatic heterocycles. The van der Waals surface area contributed by atoms with Gasteiger partial charge < -0.3 is 20.7 Å². The Kier molecular flexibility index (Phi) is 6.09. The van der Waals surface area contributed by atoms with Crippen LogP contribution in [-0.2, 0) is 9.53 Å². The highest BCUT2D eigenvalue weighted by Crippen LogP contribution is 2.07. The van der Waals surface area contributed by atoms with Gasteiger partial charge in [0.05, 0.1) is 0 Å². The van der Waals surface area contributed by atoms with Crippen molar-refractivity contribution in [2.24, 2.45) is 5.92 Å². The van der Waals surface area contributed by atoms with Gasteiger partial charge >= 0.3 is 12.0 Å². The second-order valence-corrected chi connectivity index (χ2v) is 3.91. The van der Waals surface area contributed by atoms with Gasteiger partial charge in [-0.1, -0.05) is 6.58 Å². The third kappa shape index (κ3) is 5.91. The molecule has 0 aliphatic carbocycles. The molecule has 0 radical (unpaired) electrons. The van der Waals surface area contributed by atoms with E-state index in [1.54, 1.807) is 0 Å². The molecule has 1 fully saturated rings. The van der Waals surface area contributed by atoms with Crippen LogP contribution in [-0.4, -0.2) is 38.4 Å². The molecule has 1 rings (SSSR count). The SMILES string of the molecule is C=CC(=O)OCNC(=O)NCC1CCCNC1. The highest BCUT2D eigenvalue weighted by molar-refractivity contribution is 5.81. The van der Waals surface area contributed by atoms with Crippen molar-refractivity contribution in [2.45, 2.75) is 12.8 Å². The van der Waals surface area contributed by atoms with Gasteiger partial charge in [-0.2, -0.15) is 0 Å². The zero-order chi connectivity index (χ0) is 12.5. The zero-order valence-corrected chi connectivity index (χ0v) is 9.83. The minimum atomic E-state index is -0.554. The largest absolute Gasteiger partial charge is 0.441 e. The van der Waals surface area contributed by atoms with Gasteiger partial charge in [0.15, 0.2) is 6.73 Å². The molecule has 2 amide bonds. The molecule has 1 unspecified atom stereocenters. The lowest BCUT2D eigenvalue weighted by Crippen LogP contribution is -2.42. The lowest BCUT2D eigenvalue weighted by molar-refractivity contribution is -0.138. The lowest BCUT2D eigenvalue weighted by Gasteiger charge is -2.22. The molecule has 0 bridgehead atoms. The monoisotopic (exact) mass is 241 g/mol. The van der Waals surface area contributed by atoms with Gasteiger partial charge in [0, 0.05) is 12.6 Å².